The molecule has 1 aliphatic rings. The van der Waals surface area contributed by atoms with Crippen molar-refractivity contribution in [1.82, 2.24) is 10.6 Å². The second-order valence-electron chi connectivity index (χ2n) is 5.68. The van der Waals surface area contributed by atoms with Crippen molar-refractivity contribution in [2.45, 2.75) is 12.6 Å². The molecular weight excluding hydrogens is 312 g/mol. The number of hydrogen-bond donors (Lipinski definition) is 3. The molecule has 3 N–H and O–H groups in total. The minimum atomic E-state index is -0.236. The largest absolute Gasteiger partial charge is 0.457 e. The minimum Gasteiger partial charge on any atom is -0.457 e. The van der Waals surface area contributed by atoms with Gasteiger partial charge in [-0.05, 0) is 29.8 Å². The molecule has 1 saturated heterocycles. The van der Waals surface area contributed by atoms with Gasteiger partial charge < -0.3 is 20.5 Å². The monoisotopic (exact) mass is 334 g/mol. The van der Waals surface area contributed by atoms with Crippen molar-refractivity contribution < 1.29 is 9.84 Å². The summed E-state index contributed by atoms with van der Waals surface area (Å²) in [4.78, 5) is 0. The maximum Gasteiger partial charge on any atom is 0.127 e. The molecule has 5 heteroatoms. The molecule has 0 aromatic heterocycles. The van der Waals surface area contributed by atoms with Gasteiger partial charge in [-0.25, -0.2) is 0 Å². The standard InChI is InChI=1S/C18H22N2O2.ClH/c21-18-13-20-12-15(18)11-19-10-14-5-4-8-17(9-14)22-16-6-2-1-3-7-16;/h1-9,15,18-21H,10-13H2;1H. The number of ether oxygens (including phenoxy) is 1. The summed E-state index contributed by atoms with van der Waals surface area (Å²) in [6, 6.07) is 17.9. The van der Waals surface area contributed by atoms with Gasteiger partial charge in [0, 0.05) is 32.1 Å². The predicted molar refractivity (Wildman–Crippen MR) is 94.3 cm³/mol. The lowest BCUT2D eigenvalue weighted by molar-refractivity contribution is 0.146. The van der Waals surface area contributed by atoms with Crippen LogP contribution in [0.1, 0.15) is 5.56 Å². The van der Waals surface area contributed by atoms with Gasteiger partial charge in [0.25, 0.3) is 0 Å². The number of benzene rings is 2. The molecule has 4 nitrogen and oxygen atoms in total. The molecule has 1 fully saturated rings. The molecule has 0 radical (unpaired) electrons. The zero-order chi connectivity index (χ0) is 15.2. The number of halogens is 1. The van der Waals surface area contributed by atoms with Crippen LogP contribution in [0.5, 0.6) is 11.5 Å². The van der Waals surface area contributed by atoms with Crippen molar-refractivity contribution in [3.63, 3.8) is 0 Å². The van der Waals surface area contributed by atoms with Crippen LogP contribution in [0.3, 0.4) is 0 Å². The second-order valence-corrected chi connectivity index (χ2v) is 5.68. The van der Waals surface area contributed by atoms with E-state index in [-0.39, 0.29) is 18.5 Å². The molecule has 2 aromatic rings. The maximum absolute atomic E-state index is 9.77. The van der Waals surface area contributed by atoms with E-state index in [1.807, 2.05) is 48.5 Å². The van der Waals surface area contributed by atoms with Crippen molar-refractivity contribution in [3.8, 4) is 11.5 Å². The predicted octanol–water partition coefficient (Wildman–Crippen LogP) is 2.57. The molecule has 0 spiro atoms. The molecule has 2 unspecified atom stereocenters. The Morgan fingerprint density at radius 3 is 2.57 bits per heavy atom. The van der Waals surface area contributed by atoms with Gasteiger partial charge in [0.1, 0.15) is 11.5 Å². The van der Waals surface area contributed by atoms with Gasteiger partial charge in [-0.1, -0.05) is 30.3 Å². The maximum atomic E-state index is 9.77. The van der Waals surface area contributed by atoms with Crippen LogP contribution in [0, 0.1) is 5.92 Å². The Hall–Kier alpha value is -1.59. The zero-order valence-corrected chi connectivity index (χ0v) is 13.8. The Morgan fingerprint density at radius 2 is 1.83 bits per heavy atom. The van der Waals surface area contributed by atoms with Crippen LogP contribution in [0.4, 0.5) is 0 Å². The van der Waals surface area contributed by atoms with Crippen LogP contribution in [0.15, 0.2) is 54.6 Å². The van der Waals surface area contributed by atoms with Crippen molar-refractivity contribution >= 4 is 12.4 Å². The molecule has 3 rings (SSSR count). The van der Waals surface area contributed by atoms with E-state index in [1.165, 1.54) is 5.56 Å². The van der Waals surface area contributed by atoms with Gasteiger partial charge >= 0.3 is 0 Å². The van der Waals surface area contributed by atoms with Gasteiger partial charge in [-0.2, -0.15) is 0 Å². The average molecular weight is 335 g/mol. The molecule has 2 aromatic carbocycles. The third kappa shape index (κ3) is 5.22. The van der Waals surface area contributed by atoms with E-state index in [2.05, 4.69) is 16.7 Å². The fourth-order valence-corrected chi connectivity index (χ4v) is 2.67. The molecule has 1 aliphatic heterocycles. The average Bonchev–Trinajstić information content (AvgIpc) is 2.94. The summed E-state index contributed by atoms with van der Waals surface area (Å²) in [6.45, 7) is 3.17. The SMILES string of the molecule is Cl.OC1CNCC1CNCc1cccc(Oc2ccccc2)c1. The lowest BCUT2D eigenvalue weighted by Crippen LogP contribution is -2.30. The van der Waals surface area contributed by atoms with E-state index < -0.39 is 0 Å². The van der Waals surface area contributed by atoms with Crippen LogP contribution in [-0.4, -0.2) is 30.8 Å². The normalized spacial score (nSPS) is 20.0. The highest BCUT2D eigenvalue weighted by Gasteiger charge is 2.23. The molecule has 0 bridgehead atoms. The molecular formula is C18H23ClN2O2. The Bertz CT molecular complexity index is 595. The number of aliphatic hydroxyl groups is 1. The number of β-amino-alcohol motifs (C(OH)–C–C–N with tert-alkyl or cyclic N) is 1. The minimum absolute atomic E-state index is 0. The van der Waals surface area contributed by atoms with Gasteiger partial charge in [0.2, 0.25) is 0 Å². The van der Waals surface area contributed by atoms with Gasteiger partial charge in [-0.3, -0.25) is 0 Å². The molecule has 2 atom stereocenters. The van der Waals surface area contributed by atoms with E-state index in [1.54, 1.807) is 0 Å². The molecule has 23 heavy (non-hydrogen) atoms. The highest BCUT2D eigenvalue weighted by molar-refractivity contribution is 5.85. The zero-order valence-electron chi connectivity index (χ0n) is 12.9. The highest BCUT2D eigenvalue weighted by Crippen LogP contribution is 2.21. The van der Waals surface area contributed by atoms with Crippen molar-refractivity contribution in [2.24, 2.45) is 5.92 Å². The molecule has 0 aliphatic carbocycles. The van der Waals surface area contributed by atoms with E-state index in [9.17, 15) is 5.11 Å². The first-order valence-corrected chi connectivity index (χ1v) is 7.72. The van der Waals surface area contributed by atoms with Crippen molar-refractivity contribution in [3.05, 3.63) is 60.2 Å². The molecule has 124 valence electrons. The highest BCUT2D eigenvalue weighted by atomic mass is 35.5. The van der Waals surface area contributed by atoms with E-state index in [0.29, 0.717) is 12.5 Å². The lowest BCUT2D eigenvalue weighted by atomic mass is 10.1. The first-order chi connectivity index (χ1) is 10.8. The number of nitrogens with one attached hydrogen (secondary N) is 2. The topological polar surface area (TPSA) is 53.5 Å². The lowest BCUT2D eigenvalue weighted by Gasteiger charge is -2.14. The first kappa shape index (κ1) is 17.8. The van der Waals surface area contributed by atoms with Crippen LogP contribution in [-0.2, 0) is 6.54 Å². The number of rotatable bonds is 6. The quantitative estimate of drug-likeness (QED) is 0.760. The van der Waals surface area contributed by atoms with E-state index in [4.69, 9.17) is 4.74 Å². The number of aliphatic hydroxyl groups excluding tert-OH is 1. The second kappa shape index (κ2) is 8.89. The summed E-state index contributed by atoms with van der Waals surface area (Å²) in [7, 11) is 0. The van der Waals surface area contributed by atoms with Crippen LogP contribution >= 0.6 is 12.4 Å². The third-order valence-corrected chi connectivity index (χ3v) is 3.92. The molecule has 0 saturated carbocycles. The van der Waals surface area contributed by atoms with E-state index in [0.717, 1.165) is 31.1 Å². The van der Waals surface area contributed by atoms with Crippen LogP contribution in [0.25, 0.3) is 0 Å². The Kier molecular flexibility index (Phi) is 6.86. The van der Waals surface area contributed by atoms with Crippen LogP contribution < -0.4 is 15.4 Å². The summed E-state index contributed by atoms with van der Waals surface area (Å²) in [5.41, 5.74) is 1.17. The summed E-state index contributed by atoms with van der Waals surface area (Å²) >= 11 is 0. The number of hydrogen-bond acceptors (Lipinski definition) is 4. The Labute approximate surface area is 143 Å². The fraction of sp³-hybridized carbons (Fsp3) is 0.333. The first-order valence-electron chi connectivity index (χ1n) is 7.72. The summed E-state index contributed by atoms with van der Waals surface area (Å²) in [5, 5.41) is 16.4. The van der Waals surface area contributed by atoms with Gasteiger partial charge in [-0.15, -0.1) is 12.4 Å². The Balaban J connectivity index is 0.00000192. The van der Waals surface area contributed by atoms with Gasteiger partial charge in [0.15, 0.2) is 0 Å². The van der Waals surface area contributed by atoms with Crippen molar-refractivity contribution in [1.29, 1.82) is 0 Å². The van der Waals surface area contributed by atoms with Crippen LogP contribution in [0.2, 0.25) is 0 Å². The summed E-state index contributed by atoms with van der Waals surface area (Å²) in [6.07, 6.45) is -0.236. The molecule has 1 heterocycles. The summed E-state index contributed by atoms with van der Waals surface area (Å²) < 4.78 is 5.84. The third-order valence-electron chi connectivity index (χ3n) is 3.92. The van der Waals surface area contributed by atoms with Gasteiger partial charge in [0.05, 0.1) is 6.10 Å². The smallest absolute Gasteiger partial charge is 0.127 e. The van der Waals surface area contributed by atoms with E-state index >= 15 is 0 Å². The number of para-hydroxylation sites is 1. The summed E-state index contributed by atoms with van der Waals surface area (Å²) in [5.74, 6) is 1.98. The fourth-order valence-electron chi connectivity index (χ4n) is 2.67. The van der Waals surface area contributed by atoms with Crippen molar-refractivity contribution in [2.75, 3.05) is 19.6 Å². The Morgan fingerprint density at radius 1 is 1.04 bits per heavy atom. The molecule has 0 amide bonds.